The molecule has 0 amide bonds. The van der Waals surface area contributed by atoms with Gasteiger partial charge in [-0.25, -0.2) is 14.4 Å². The van der Waals surface area contributed by atoms with Gasteiger partial charge >= 0.3 is 0 Å². The Hall–Kier alpha value is -3.05. The second kappa shape index (κ2) is 6.35. The van der Waals surface area contributed by atoms with Gasteiger partial charge in [0.1, 0.15) is 18.0 Å². The van der Waals surface area contributed by atoms with Gasteiger partial charge in [0.25, 0.3) is 0 Å². The fourth-order valence-electron chi connectivity index (χ4n) is 2.94. The molecule has 2 aromatic carbocycles. The van der Waals surface area contributed by atoms with Crippen molar-refractivity contribution in [2.75, 3.05) is 5.73 Å². The zero-order chi connectivity index (χ0) is 18.3. The molecule has 0 atom stereocenters. The molecule has 0 saturated heterocycles. The van der Waals surface area contributed by atoms with Gasteiger partial charge in [-0.1, -0.05) is 23.7 Å². The van der Waals surface area contributed by atoms with E-state index in [2.05, 4.69) is 15.0 Å². The highest BCUT2D eigenvalue weighted by Gasteiger charge is 2.15. The zero-order valence-corrected chi connectivity index (χ0v) is 14.6. The van der Waals surface area contributed by atoms with E-state index in [0.717, 1.165) is 22.0 Å². The fourth-order valence-corrected chi connectivity index (χ4v) is 3.18. The number of halogens is 2. The molecular formula is C20H14ClFN4. The quantitative estimate of drug-likeness (QED) is 0.541. The number of anilines is 1. The number of hydrogen-bond acceptors (Lipinski definition) is 4. The van der Waals surface area contributed by atoms with Crippen molar-refractivity contribution in [2.24, 2.45) is 0 Å². The molecule has 2 N–H and O–H groups in total. The molecule has 2 aromatic heterocycles. The van der Waals surface area contributed by atoms with Crippen molar-refractivity contribution in [1.29, 1.82) is 0 Å². The van der Waals surface area contributed by atoms with Crippen LogP contribution in [0.25, 0.3) is 33.3 Å². The second-order valence-electron chi connectivity index (χ2n) is 5.97. The van der Waals surface area contributed by atoms with Crippen molar-refractivity contribution in [3.8, 4) is 22.4 Å². The van der Waals surface area contributed by atoms with Gasteiger partial charge in [0.15, 0.2) is 0 Å². The van der Waals surface area contributed by atoms with E-state index in [1.165, 1.54) is 12.4 Å². The summed E-state index contributed by atoms with van der Waals surface area (Å²) in [6, 6.07) is 12.6. The second-order valence-corrected chi connectivity index (χ2v) is 6.38. The standard InChI is InChI=1S/C20H14ClFN4/c1-11-7-14(16(21)9-17(11)22)19-13(3-2-6-24-19)12-4-5-18-15(8-12)20(23)26-10-25-18/h2-10H,1H3,(H2,23,25,26). The molecule has 0 unspecified atom stereocenters. The number of fused-ring (bicyclic) bond motifs is 1. The lowest BCUT2D eigenvalue weighted by Gasteiger charge is -2.12. The van der Waals surface area contributed by atoms with Crippen molar-refractivity contribution in [3.63, 3.8) is 0 Å². The maximum atomic E-state index is 13.8. The Morgan fingerprint density at radius 2 is 1.85 bits per heavy atom. The van der Waals surface area contributed by atoms with Gasteiger partial charge in [-0.15, -0.1) is 0 Å². The van der Waals surface area contributed by atoms with Crippen molar-refractivity contribution in [2.45, 2.75) is 6.92 Å². The lowest BCUT2D eigenvalue weighted by molar-refractivity contribution is 0.619. The largest absolute Gasteiger partial charge is 0.383 e. The Bertz CT molecular complexity index is 1140. The molecule has 0 bridgehead atoms. The molecule has 4 aromatic rings. The van der Waals surface area contributed by atoms with E-state index in [1.54, 1.807) is 19.2 Å². The molecule has 26 heavy (non-hydrogen) atoms. The maximum Gasteiger partial charge on any atom is 0.134 e. The molecule has 0 radical (unpaired) electrons. The first kappa shape index (κ1) is 16.4. The minimum absolute atomic E-state index is 0.316. The van der Waals surface area contributed by atoms with E-state index in [0.29, 0.717) is 27.7 Å². The van der Waals surface area contributed by atoms with E-state index >= 15 is 0 Å². The van der Waals surface area contributed by atoms with E-state index < -0.39 is 0 Å². The average Bonchev–Trinajstić information content (AvgIpc) is 2.65. The molecule has 0 aliphatic heterocycles. The third kappa shape index (κ3) is 2.76. The van der Waals surface area contributed by atoms with Gasteiger partial charge in [-0.2, -0.15) is 0 Å². The Labute approximate surface area is 154 Å². The summed E-state index contributed by atoms with van der Waals surface area (Å²) in [6.45, 7) is 1.70. The van der Waals surface area contributed by atoms with Crippen LogP contribution < -0.4 is 5.73 Å². The Morgan fingerprint density at radius 3 is 2.69 bits per heavy atom. The zero-order valence-electron chi connectivity index (χ0n) is 13.9. The molecule has 0 aliphatic carbocycles. The Morgan fingerprint density at radius 1 is 1.00 bits per heavy atom. The number of benzene rings is 2. The van der Waals surface area contributed by atoms with Crippen molar-refractivity contribution >= 4 is 28.3 Å². The first-order chi connectivity index (χ1) is 12.5. The molecule has 128 valence electrons. The number of nitrogens with zero attached hydrogens (tertiary/aromatic N) is 3. The first-order valence-corrected chi connectivity index (χ1v) is 8.34. The van der Waals surface area contributed by atoms with Crippen LogP contribution in [0.4, 0.5) is 10.2 Å². The molecule has 4 nitrogen and oxygen atoms in total. The smallest absolute Gasteiger partial charge is 0.134 e. The van der Waals surface area contributed by atoms with Gasteiger partial charge in [-0.3, -0.25) is 4.98 Å². The fraction of sp³-hybridized carbons (Fsp3) is 0.0500. The number of hydrogen-bond donors (Lipinski definition) is 1. The van der Waals surface area contributed by atoms with Crippen LogP contribution in [0.3, 0.4) is 0 Å². The highest BCUT2D eigenvalue weighted by Crippen LogP contribution is 2.36. The number of pyridine rings is 1. The summed E-state index contributed by atoms with van der Waals surface area (Å²) in [6.07, 6.45) is 3.13. The molecular weight excluding hydrogens is 351 g/mol. The van der Waals surface area contributed by atoms with Gasteiger partial charge in [0.2, 0.25) is 0 Å². The van der Waals surface area contributed by atoms with Crippen LogP contribution in [-0.2, 0) is 0 Å². The summed E-state index contributed by atoms with van der Waals surface area (Å²) in [5.74, 6) is 0.0739. The monoisotopic (exact) mass is 364 g/mol. The lowest BCUT2D eigenvalue weighted by Crippen LogP contribution is -1.95. The summed E-state index contributed by atoms with van der Waals surface area (Å²) in [4.78, 5) is 12.8. The highest BCUT2D eigenvalue weighted by molar-refractivity contribution is 6.33. The summed E-state index contributed by atoms with van der Waals surface area (Å²) >= 11 is 6.30. The molecule has 2 heterocycles. The number of nitrogen functional groups attached to an aromatic ring is 1. The van der Waals surface area contributed by atoms with Gasteiger partial charge in [-0.05, 0) is 48.4 Å². The summed E-state index contributed by atoms with van der Waals surface area (Å²) in [5.41, 5.74) is 10.4. The number of aryl methyl sites for hydroxylation is 1. The van der Waals surface area contributed by atoms with E-state index in [4.69, 9.17) is 17.3 Å². The van der Waals surface area contributed by atoms with Crippen LogP contribution in [0.5, 0.6) is 0 Å². The highest BCUT2D eigenvalue weighted by atomic mass is 35.5. The van der Waals surface area contributed by atoms with Crippen LogP contribution in [0.1, 0.15) is 5.56 Å². The normalized spacial score (nSPS) is 11.0. The van der Waals surface area contributed by atoms with Crippen molar-refractivity contribution < 1.29 is 4.39 Å². The molecule has 0 spiro atoms. The molecule has 4 rings (SSSR count). The minimum atomic E-state index is -0.341. The van der Waals surface area contributed by atoms with Gasteiger partial charge < -0.3 is 5.73 Å². The van der Waals surface area contributed by atoms with E-state index in [9.17, 15) is 4.39 Å². The predicted octanol–water partition coefficient (Wildman–Crippen LogP) is 5.04. The number of aromatic nitrogens is 3. The van der Waals surface area contributed by atoms with E-state index in [1.807, 2.05) is 30.3 Å². The summed E-state index contributed by atoms with van der Waals surface area (Å²) in [5, 5.41) is 1.08. The summed E-state index contributed by atoms with van der Waals surface area (Å²) in [7, 11) is 0. The third-order valence-electron chi connectivity index (χ3n) is 4.29. The van der Waals surface area contributed by atoms with Crippen molar-refractivity contribution in [1.82, 2.24) is 15.0 Å². The van der Waals surface area contributed by atoms with Crippen LogP contribution in [0, 0.1) is 12.7 Å². The summed E-state index contributed by atoms with van der Waals surface area (Å²) < 4.78 is 13.8. The topological polar surface area (TPSA) is 64.7 Å². The van der Waals surface area contributed by atoms with Crippen LogP contribution >= 0.6 is 11.6 Å². The maximum absolute atomic E-state index is 13.8. The van der Waals surface area contributed by atoms with Crippen LogP contribution in [0.15, 0.2) is 55.0 Å². The predicted molar refractivity (Wildman–Crippen MR) is 102 cm³/mol. The number of rotatable bonds is 2. The van der Waals surface area contributed by atoms with Crippen molar-refractivity contribution in [3.05, 3.63) is 71.4 Å². The third-order valence-corrected chi connectivity index (χ3v) is 4.60. The molecule has 0 saturated carbocycles. The SMILES string of the molecule is Cc1cc(-c2ncccc2-c2ccc3ncnc(N)c3c2)c(Cl)cc1F. The number of nitrogens with two attached hydrogens (primary N) is 1. The van der Waals surface area contributed by atoms with Crippen LogP contribution in [-0.4, -0.2) is 15.0 Å². The lowest BCUT2D eigenvalue weighted by atomic mass is 9.97. The minimum Gasteiger partial charge on any atom is -0.383 e. The van der Waals surface area contributed by atoms with Gasteiger partial charge in [0, 0.05) is 22.7 Å². The van der Waals surface area contributed by atoms with Crippen LogP contribution in [0.2, 0.25) is 5.02 Å². The molecule has 6 heteroatoms. The average molecular weight is 365 g/mol. The Kier molecular flexibility index (Phi) is 4.01. The van der Waals surface area contributed by atoms with E-state index in [-0.39, 0.29) is 5.82 Å². The van der Waals surface area contributed by atoms with Gasteiger partial charge in [0.05, 0.1) is 16.2 Å². The molecule has 0 fully saturated rings. The first-order valence-electron chi connectivity index (χ1n) is 7.96. The molecule has 0 aliphatic rings. The Balaban J connectivity index is 1.95.